The minimum absolute atomic E-state index is 0.162. The van der Waals surface area contributed by atoms with Crippen molar-refractivity contribution in [3.63, 3.8) is 0 Å². The van der Waals surface area contributed by atoms with Gasteiger partial charge in [-0.3, -0.25) is 4.79 Å². The molecule has 0 unspecified atom stereocenters. The van der Waals surface area contributed by atoms with Gasteiger partial charge < -0.3 is 0 Å². The average molecular weight is 318 g/mol. The predicted molar refractivity (Wildman–Crippen MR) is 103 cm³/mol. The number of benzene rings is 2. The third kappa shape index (κ3) is 3.08. The summed E-state index contributed by atoms with van der Waals surface area (Å²) in [6.45, 7) is 12.7. The Morgan fingerprint density at radius 1 is 1.25 bits per heavy atom. The van der Waals surface area contributed by atoms with E-state index in [2.05, 4.69) is 63.8 Å². The Morgan fingerprint density at radius 3 is 2.67 bits per heavy atom. The highest BCUT2D eigenvalue weighted by atomic mass is 16.1. The van der Waals surface area contributed by atoms with Gasteiger partial charge in [-0.15, -0.1) is 0 Å². The summed E-state index contributed by atoms with van der Waals surface area (Å²) in [5.41, 5.74) is 6.16. The van der Waals surface area contributed by atoms with E-state index in [1.807, 2.05) is 0 Å². The van der Waals surface area contributed by atoms with Crippen LogP contribution in [0.1, 0.15) is 50.3 Å². The van der Waals surface area contributed by atoms with Crippen molar-refractivity contribution in [2.45, 2.75) is 47.0 Å². The Bertz CT molecular complexity index is 865. The number of aryl methyl sites for hydroxylation is 1. The Labute approximate surface area is 145 Å². The number of hydrogen-bond acceptors (Lipinski definition) is 1. The Morgan fingerprint density at radius 2 is 1.96 bits per heavy atom. The van der Waals surface area contributed by atoms with Crippen LogP contribution in [0.25, 0.3) is 16.3 Å². The normalized spacial score (nSPS) is 17.0. The smallest absolute Gasteiger partial charge is 0.134 e. The molecule has 1 nitrogen and oxygen atoms in total. The van der Waals surface area contributed by atoms with Gasteiger partial charge >= 0.3 is 0 Å². The lowest BCUT2D eigenvalue weighted by atomic mass is 9.74. The van der Waals surface area contributed by atoms with E-state index in [9.17, 15) is 4.79 Å². The van der Waals surface area contributed by atoms with Crippen LogP contribution in [0.4, 0.5) is 0 Å². The van der Waals surface area contributed by atoms with Gasteiger partial charge in [0.25, 0.3) is 0 Å². The average Bonchev–Trinajstić information content (AvgIpc) is 2.50. The van der Waals surface area contributed by atoms with Gasteiger partial charge in [0.1, 0.15) is 5.78 Å². The topological polar surface area (TPSA) is 17.1 Å². The predicted octanol–water partition coefficient (Wildman–Crippen LogP) is 6.04. The molecule has 0 heterocycles. The zero-order chi connectivity index (χ0) is 17.5. The standard InChI is InChI=1S/C23H26O/c1-15-10-11-23(4,5)14-21(15)22-19-9-7-6-8-18(19)12-16(2)20(22)13-17(3)24/h6-9,12,14H,1,10-11,13H2,2-5H3. The molecular formula is C23H26O. The summed E-state index contributed by atoms with van der Waals surface area (Å²) in [5, 5.41) is 2.46. The SMILES string of the molecule is C=C1CCC(C)(C)C=C1c1c(CC(C)=O)c(C)cc2ccccc12. The maximum Gasteiger partial charge on any atom is 0.134 e. The van der Waals surface area contributed by atoms with Gasteiger partial charge in [0.2, 0.25) is 0 Å². The summed E-state index contributed by atoms with van der Waals surface area (Å²) in [6.07, 6.45) is 4.99. The molecule has 0 N–H and O–H groups in total. The lowest BCUT2D eigenvalue weighted by Crippen LogP contribution is -2.15. The first-order valence-corrected chi connectivity index (χ1v) is 8.70. The van der Waals surface area contributed by atoms with Crippen molar-refractivity contribution in [3.8, 4) is 0 Å². The molecule has 0 atom stereocenters. The van der Waals surface area contributed by atoms with E-state index >= 15 is 0 Å². The molecule has 0 saturated heterocycles. The molecule has 24 heavy (non-hydrogen) atoms. The first-order chi connectivity index (χ1) is 11.3. The van der Waals surface area contributed by atoms with Crippen LogP contribution >= 0.6 is 0 Å². The number of rotatable bonds is 3. The van der Waals surface area contributed by atoms with Gasteiger partial charge in [-0.25, -0.2) is 0 Å². The van der Waals surface area contributed by atoms with E-state index in [0.29, 0.717) is 6.42 Å². The third-order valence-electron chi connectivity index (χ3n) is 5.06. The van der Waals surface area contributed by atoms with E-state index in [4.69, 9.17) is 0 Å². The summed E-state index contributed by atoms with van der Waals surface area (Å²) in [6, 6.07) is 10.7. The highest BCUT2D eigenvalue weighted by Gasteiger charge is 2.26. The highest BCUT2D eigenvalue weighted by Crippen LogP contribution is 2.43. The quantitative estimate of drug-likeness (QED) is 0.674. The highest BCUT2D eigenvalue weighted by molar-refractivity contribution is 6.01. The fourth-order valence-corrected chi connectivity index (χ4v) is 3.74. The van der Waals surface area contributed by atoms with Crippen LogP contribution in [0, 0.1) is 12.3 Å². The molecule has 1 aliphatic carbocycles. The van der Waals surface area contributed by atoms with Crippen molar-refractivity contribution in [1.29, 1.82) is 0 Å². The molecular weight excluding hydrogens is 292 g/mol. The van der Waals surface area contributed by atoms with E-state index in [0.717, 1.165) is 18.4 Å². The fraction of sp³-hybridized carbons (Fsp3) is 0.348. The second kappa shape index (κ2) is 6.05. The third-order valence-corrected chi connectivity index (χ3v) is 5.06. The van der Waals surface area contributed by atoms with Gasteiger partial charge in [0, 0.05) is 6.42 Å². The Balaban J connectivity index is 2.37. The van der Waals surface area contributed by atoms with E-state index in [-0.39, 0.29) is 11.2 Å². The van der Waals surface area contributed by atoms with Crippen LogP contribution in [0.15, 0.2) is 48.6 Å². The Kier molecular flexibility index (Phi) is 4.21. The van der Waals surface area contributed by atoms with Gasteiger partial charge in [-0.05, 0) is 70.7 Å². The number of allylic oxidation sites excluding steroid dienone is 3. The van der Waals surface area contributed by atoms with E-state index < -0.39 is 0 Å². The maximum atomic E-state index is 11.9. The summed E-state index contributed by atoms with van der Waals surface area (Å²) in [5.74, 6) is 0.205. The number of fused-ring (bicyclic) bond motifs is 1. The molecule has 0 bridgehead atoms. The first kappa shape index (κ1) is 16.7. The van der Waals surface area contributed by atoms with Crippen molar-refractivity contribution in [2.75, 3.05) is 0 Å². The lowest BCUT2D eigenvalue weighted by molar-refractivity contribution is -0.116. The molecule has 3 rings (SSSR count). The van der Waals surface area contributed by atoms with Crippen LogP contribution in [0.5, 0.6) is 0 Å². The Hall–Kier alpha value is -2.15. The molecule has 0 aliphatic heterocycles. The monoisotopic (exact) mass is 318 g/mol. The summed E-state index contributed by atoms with van der Waals surface area (Å²) >= 11 is 0. The largest absolute Gasteiger partial charge is 0.300 e. The van der Waals surface area contributed by atoms with Crippen LogP contribution in [0.2, 0.25) is 0 Å². The van der Waals surface area contributed by atoms with E-state index in [1.165, 1.54) is 33.0 Å². The number of Topliss-reactive ketones (excluding diaryl/α,β-unsaturated/α-hetero) is 1. The van der Waals surface area contributed by atoms with Crippen molar-refractivity contribution in [1.82, 2.24) is 0 Å². The fourth-order valence-electron chi connectivity index (χ4n) is 3.74. The van der Waals surface area contributed by atoms with Crippen LogP contribution < -0.4 is 0 Å². The maximum absolute atomic E-state index is 11.9. The van der Waals surface area contributed by atoms with E-state index in [1.54, 1.807) is 6.92 Å². The molecule has 0 aromatic heterocycles. The zero-order valence-corrected chi connectivity index (χ0v) is 15.2. The summed E-state index contributed by atoms with van der Waals surface area (Å²) in [7, 11) is 0. The molecule has 0 fully saturated rings. The minimum Gasteiger partial charge on any atom is -0.300 e. The molecule has 1 heteroatoms. The van der Waals surface area contributed by atoms with Gasteiger partial charge in [-0.2, -0.15) is 0 Å². The molecule has 2 aromatic carbocycles. The zero-order valence-electron chi connectivity index (χ0n) is 15.2. The molecule has 0 radical (unpaired) electrons. The second-order valence-electron chi connectivity index (χ2n) is 7.80. The minimum atomic E-state index is 0.162. The molecule has 0 spiro atoms. The second-order valence-corrected chi connectivity index (χ2v) is 7.80. The number of ketones is 1. The molecule has 0 amide bonds. The van der Waals surface area contributed by atoms with Gasteiger partial charge in [0.05, 0.1) is 0 Å². The number of hydrogen-bond donors (Lipinski definition) is 0. The van der Waals surface area contributed by atoms with Crippen LogP contribution in [-0.4, -0.2) is 5.78 Å². The summed E-state index contributed by atoms with van der Waals surface area (Å²) < 4.78 is 0. The van der Waals surface area contributed by atoms with Crippen LogP contribution in [-0.2, 0) is 11.2 Å². The molecule has 1 aliphatic rings. The van der Waals surface area contributed by atoms with Crippen LogP contribution in [0.3, 0.4) is 0 Å². The van der Waals surface area contributed by atoms with Crippen molar-refractivity contribution >= 4 is 22.1 Å². The van der Waals surface area contributed by atoms with Crippen molar-refractivity contribution in [3.05, 3.63) is 65.3 Å². The number of carbonyl (C=O) groups excluding carboxylic acids is 1. The molecule has 0 saturated carbocycles. The molecule has 2 aromatic rings. The first-order valence-electron chi connectivity index (χ1n) is 8.70. The van der Waals surface area contributed by atoms with Crippen molar-refractivity contribution < 1.29 is 4.79 Å². The van der Waals surface area contributed by atoms with Gasteiger partial charge in [-0.1, -0.05) is 56.8 Å². The van der Waals surface area contributed by atoms with Crippen molar-refractivity contribution in [2.24, 2.45) is 5.41 Å². The van der Waals surface area contributed by atoms with Gasteiger partial charge in [0.15, 0.2) is 0 Å². The number of carbonyl (C=O) groups is 1. The lowest BCUT2D eigenvalue weighted by Gasteiger charge is -2.31. The summed E-state index contributed by atoms with van der Waals surface area (Å²) in [4.78, 5) is 11.9. The molecule has 124 valence electrons.